The zero-order valence-corrected chi connectivity index (χ0v) is 20.9. The molecule has 0 aliphatic carbocycles. The molecule has 1 unspecified atom stereocenters. The largest absolute Gasteiger partial charge is 0.496 e. The number of carbonyl (C=O) groups is 2. The van der Waals surface area contributed by atoms with Crippen molar-refractivity contribution < 1.29 is 19.1 Å². The number of esters is 1. The number of Topliss-reactive ketones (excluding diaryl/α,β-unsaturated/α-hetero) is 1. The van der Waals surface area contributed by atoms with Crippen LogP contribution in [0.2, 0.25) is 0 Å². The highest BCUT2D eigenvalue weighted by Crippen LogP contribution is 2.29. The monoisotopic (exact) mass is 464 g/mol. The molecule has 0 aliphatic rings. The molecular weight excluding hydrogens is 428 g/mol. The maximum atomic E-state index is 12.3. The van der Waals surface area contributed by atoms with Crippen molar-refractivity contribution in [2.24, 2.45) is 5.92 Å². The molecule has 1 atom stereocenters. The molecule has 6 nitrogen and oxygen atoms in total. The molecule has 1 aromatic heterocycles. The lowest BCUT2D eigenvalue weighted by Crippen LogP contribution is -2.13. The average Bonchev–Trinajstić information content (AvgIpc) is 3.21. The fraction of sp³-hybridized carbons (Fsp3) is 0.429. The first-order chi connectivity index (χ1) is 16.4. The summed E-state index contributed by atoms with van der Waals surface area (Å²) in [6.45, 7) is 7.51. The zero-order valence-electron chi connectivity index (χ0n) is 20.9. The number of ether oxygens (including phenoxy) is 2. The number of nitrogens with one attached hydrogen (secondary N) is 1. The molecule has 3 aromatic rings. The maximum absolute atomic E-state index is 12.3. The Bertz CT molecular complexity index is 1150. The molecule has 6 heteroatoms. The van der Waals surface area contributed by atoms with Crippen molar-refractivity contribution >= 4 is 28.3 Å². The number of fused-ring (bicyclic) bond motifs is 1. The molecule has 0 bridgehead atoms. The van der Waals surface area contributed by atoms with Gasteiger partial charge in [0.15, 0.2) is 5.78 Å². The van der Waals surface area contributed by atoms with Crippen molar-refractivity contribution in [3.05, 3.63) is 59.3 Å². The van der Waals surface area contributed by atoms with Crippen LogP contribution in [0.4, 0.5) is 5.69 Å². The summed E-state index contributed by atoms with van der Waals surface area (Å²) >= 11 is 0. The first-order valence-corrected chi connectivity index (χ1v) is 12.0. The predicted octanol–water partition coefficient (Wildman–Crippen LogP) is 6.32. The average molecular weight is 465 g/mol. The number of benzene rings is 2. The number of methoxy groups -OCH3 is 2. The molecule has 1 N–H and O–H groups in total. The smallest absolute Gasteiger partial charge is 0.337 e. The van der Waals surface area contributed by atoms with E-state index in [2.05, 4.69) is 35.9 Å². The lowest BCUT2D eigenvalue weighted by molar-refractivity contribution is 0.0600. The van der Waals surface area contributed by atoms with Crippen molar-refractivity contribution in [1.29, 1.82) is 0 Å². The van der Waals surface area contributed by atoms with Gasteiger partial charge in [-0.25, -0.2) is 4.79 Å². The molecule has 0 amide bonds. The summed E-state index contributed by atoms with van der Waals surface area (Å²) in [4.78, 5) is 24.2. The van der Waals surface area contributed by atoms with Crippen LogP contribution in [-0.2, 0) is 11.3 Å². The summed E-state index contributed by atoms with van der Waals surface area (Å²) in [5.74, 6) is 0.871. The van der Waals surface area contributed by atoms with Crippen LogP contribution in [0.15, 0.2) is 42.6 Å². The van der Waals surface area contributed by atoms with Gasteiger partial charge in [0.25, 0.3) is 0 Å². The van der Waals surface area contributed by atoms with E-state index in [1.807, 2.05) is 18.3 Å². The van der Waals surface area contributed by atoms with Crippen molar-refractivity contribution in [2.45, 2.75) is 53.0 Å². The standard InChI is InChI=1S/C28H36N2O4/c1-6-8-9-20(7-2)16-29-23-12-13-24-25(19(3)31)18-30(26(24)15-23)17-22-11-10-21(28(32)34-5)14-27(22)33-4/h10-15,18,20,29H,6-9,16-17H2,1-5H3. The highest BCUT2D eigenvalue weighted by atomic mass is 16.5. The van der Waals surface area contributed by atoms with Crippen LogP contribution in [0, 0.1) is 5.92 Å². The van der Waals surface area contributed by atoms with Gasteiger partial charge in [0.1, 0.15) is 5.75 Å². The van der Waals surface area contributed by atoms with Gasteiger partial charge in [0, 0.05) is 34.9 Å². The molecular formula is C28H36N2O4. The minimum absolute atomic E-state index is 0.0306. The van der Waals surface area contributed by atoms with Gasteiger partial charge in [-0.2, -0.15) is 0 Å². The number of ketones is 1. The Balaban J connectivity index is 1.93. The Morgan fingerprint density at radius 2 is 1.88 bits per heavy atom. The molecule has 0 saturated heterocycles. The van der Waals surface area contributed by atoms with Crippen molar-refractivity contribution in [1.82, 2.24) is 4.57 Å². The lowest BCUT2D eigenvalue weighted by atomic mass is 9.99. The Morgan fingerprint density at radius 3 is 2.53 bits per heavy atom. The fourth-order valence-electron chi connectivity index (χ4n) is 4.32. The van der Waals surface area contributed by atoms with Crippen LogP contribution in [0.3, 0.4) is 0 Å². The number of anilines is 1. The molecule has 34 heavy (non-hydrogen) atoms. The van der Waals surface area contributed by atoms with Gasteiger partial charge in [0.2, 0.25) is 0 Å². The second-order valence-corrected chi connectivity index (χ2v) is 8.77. The Hall–Kier alpha value is -3.28. The minimum Gasteiger partial charge on any atom is -0.496 e. The third-order valence-electron chi connectivity index (χ3n) is 6.45. The third kappa shape index (κ3) is 5.79. The number of hydrogen-bond donors (Lipinski definition) is 1. The first kappa shape index (κ1) is 25.3. The number of hydrogen-bond acceptors (Lipinski definition) is 5. The van der Waals surface area contributed by atoms with E-state index in [9.17, 15) is 9.59 Å². The number of aromatic nitrogens is 1. The van der Waals surface area contributed by atoms with E-state index in [-0.39, 0.29) is 5.78 Å². The number of carbonyl (C=O) groups excluding carboxylic acids is 2. The molecule has 0 spiro atoms. The predicted molar refractivity (Wildman–Crippen MR) is 137 cm³/mol. The second kappa shape index (κ2) is 11.7. The van der Waals surface area contributed by atoms with Crippen molar-refractivity contribution in [3.8, 4) is 5.75 Å². The molecule has 2 aromatic carbocycles. The molecule has 0 radical (unpaired) electrons. The normalized spacial score (nSPS) is 11.9. The number of unbranched alkanes of at least 4 members (excludes halogenated alkanes) is 1. The SMILES string of the molecule is CCCCC(CC)CNc1ccc2c(C(C)=O)cn(Cc3ccc(C(=O)OC)cc3OC)c2c1. The van der Waals surface area contributed by atoms with Gasteiger partial charge in [-0.05, 0) is 43.5 Å². The van der Waals surface area contributed by atoms with Gasteiger partial charge in [-0.15, -0.1) is 0 Å². The highest BCUT2D eigenvalue weighted by molar-refractivity contribution is 6.07. The van der Waals surface area contributed by atoms with E-state index in [4.69, 9.17) is 9.47 Å². The van der Waals surface area contributed by atoms with E-state index in [0.717, 1.165) is 35.1 Å². The molecule has 0 aliphatic heterocycles. The lowest BCUT2D eigenvalue weighted by Gasteiger charge is -2.16. The van der Waals surface area contributed by atoms with Gasteiger partial charge < -0.3 is 19.4 Å². The van der Waals surface area contributed by atoms with E-state index < -0.39 is 5.97 Å². The fourth-order valence-corrected chi connectivity index (χ4v) is 4.32. The minimum atomic E-state index is -0.407. The summed E-state index contributed by atoms with van der Waals surface area (Å²) in [5, 5.41) is 4.53. The van der Waals surface area contributed by atoms with Gasteiger partial charge in [-0.3, -0.25) is 4.79 Å². The Morgan fingerprint density at radius 1 is 1.09 bits per heavy atom. The maximum Gasteiger partial charge on any atom is 0.337 e. The zero-order chi connectivity index (χ0) is 24.7. The summed E-state index contributed by atoms with van der Waals surface area (Å²) < 4.78 is 12.4. The quantitative estimate of drug-likeness (QED) is 0.251. The van der Waals surface area contributed by atoms with Crippen LogP contribution in [0.5, 0.6) is 5.75 Å². The Kier molecular flexibility index (Phi) is 8.74. The number of rotatable bonds is 12. The van der Waals surface area contributed by atoms with Crippen LogP contribution in [0.25, 0.3) is 10.9 Å². The van der Waals surface area contributed by atoms with Crippen molar-refractivity contribution in [2.75, 3.05) is 26.1 Å². The summed E-state index contributed by atoms with van der Waals surface area (Å²) in [6.07, 6.45) is 6.75. The summed E-state index contributed by atoms with van der Waals surface area (Å²) in [5.41, 5.74) is 4.07. The molecule has 0 saturated carbocycles. The Labute approximate surface area is 202 Å². The summed E-state index contributed by atoms with van der Waals surface area (Å²) in [7, 11) is 2.94. The highest BCUT2D eigenvalue weighted by Gasteiger charge is 2.16. The number of nitrogens with zero attached hydrogens (tertiary/aromatic N) is 1. The van der Waals surface area contributed by atoms with E-state index >= 15 is 0 Å². The van der Waals surface area contributed by atoms with Crippen LogP contribution in [-0.4, -0.2) is 37.1 Å². The van der Waals surface area contributed by atoms with Crippen LogP contribution < -0.4 is 10.1 Å². The third-order valence-corrected chi connectivity index (χ3v) is 6.45. The van der Waals surface area contributed by atoms with E-state index in [1.165, 1.54) is 26.4 Å². The van der Waals surface area contributed by atoms with Gasteiger partial charge in [-0.1, -0.05) is 45.2 Å². The van der Waals surface area contributed by atoms with Crippen LogP contribution >= 0.6 is 0 Å². The van der Waals surface area contributed by atoms with Crippen LogP contribution in [0.1, 0.15) is 72.7 Å². The van der Waals surface area contributed by atoms with Crippen molar-refractivity contribution in [3.63, 3.8) is 0 Å². The molecule has 0 fully saturated rings. The topological polar surface area (TPSA) is 69.6 Å². The molecule has 1 heterocycles. The first-order valence-electron chi connectivity index (χ1n) is 12.0. The molecule has 182 valence electrons. The van der Waals surface area contributed by atoms with E-state index in [1.54, 1.807) is 26.2 Å². The van der Waals surface area contributed by atoms with Gasteiger partial charge in [0.05, 0.1) is 31.8 Å². The molecule has 3 rings (SSSR count). The van der Waals surface area contributed by atoms with Gasteiger partial charge >= 0.3 is 5.97 Å². The van der Waals surface area contributed by atoms with E-state index in [0.29, 0.717) is 29.3 Å². The second-order valence-electron chi connectivity index (χ2n) is 8.77. The summed E-state index contributed by atoms with van der Waals surface area (Å²) in [6, 6.07) is 11.5.